The van der Waals surface area contributed by atoms with E-state index in [0.29, 0.717) is 11.2 Å². The molecule has 0 aromatic carbocycles. The SMILES string of the molecule is CC(C)[C@@H]1CCCCS1=O. The van der Waals surface area contributed by atoms with Crippen molar-refractivity contribution in [2.24, 2.45) is 5.92 Å². The van der Waals surface area contributed by atoms with Gasteiger partial charge in [-0.1, -0.05) is 20.3 Å². The van der Waals surface area contributed by atoms with Gasteiger partial charge in [0.2, 0.25) is 0 Å². The van der Waals surface area contributed by atoms with Gasteiger partial charge in [-0.3, -0.25) is 4.21 Å². The van der Waals surface area contributed by atoms with Crippen LogP contribution in [0.15, 0.2) is 0 Å². The van der Waals surface area contributed by atoms with Gasteiger partial charge in [0.05, 0.1) is 0 Å². The van der Waals surface area contributed by atoms with Gasteiger partial charge < -0.3 is 0 Å². The van der Waals surface area contributed by atoms with Crippen LogP contribution in [0.4, 0.5) is 0 Å². The van der Waals surface area contributed by atoms with Crippen molar-refractivity contribution in [1.29, 1.82) is 0 Å². The van der Waals surface area contributed by atoms with E-state index < -0.39 is 10.8 Å². The largest absolute Gasteiger partial charge is 0.259 e. The van der Waals surface area contributed by atoms with Gasteiger partial charge in [-0.05, 0) is 18.8 Å². The summed E-state index contributed by atoms with van der Waals surface area (Å²) < 4.78 is 11.3. The Kier molecular flexibility index (Phi) is 2.90. The molecular weight excluding hydrogens is 144 g/mol. The second-order valence-corrected chi connectivity index (χ2v) is 5.14. The molecule has 1 rings (SSSR count). The van der Waals surface area contributed by atoms with Crippen LogP contribution in [0.25, 0.3) is 0 Å². The second kappa shape index (κ2) is 3.51. The summed E-state index contributed by atoms with van der Waals surface area (Å²) in [6, 6.07) is 0. The van der Waals surface area contributed by atoms with E-state index >= 15 is 0 Å². The highest BCUT2D eigenvalue weighted by Gasteiger charge is 2.23. The van der Waals surface area contributed by atoms with Crippen LogP contribution in [0.2, 0.25) is 0 Å². The van der Waals surface area contributed by atoms with Crippen LogP contribution in [-0.4, -0.2) is 15.2 Å². The van der Waals surface area contributed by atoms with Crippen molar-refractivity contribution in [2.75, 3.05) is 5.75 Å². The van der Waals surface area contributed by atoms with Crippen molar-refractivity contribution in [1.82, 2.24) is 0 Å². The maximum absolute atomic E-state index is 11.3. The predicted octanol–water partition coefficient (Wildman–Crippen LogP) is 1.94. The Labute approximate surface area is 65.7 Å². The van der Waals surface area contributed by atoms with E-state index in [1.165, 1.54) is 19.3 Å². The zero-order chi connectivity index (χ0) is 7.56. The topological polar surface area (TPSA) is 17.1 Å². The van der Waals surface area contributed by atoms with E-state index in [1.807, 2.05) is 0 Å². The minimum atomic E-state index is -0.508. The first kappa shape index (κ1) is 8.25. The molecule has 0 spiro atoms. The average molecular weight is 160 g/mol. The van der Waals surface area contributed by atoms with Crippen LogP contribution in [0.3, 0.4) is 0 Å². The van der Waals surface area contributed by atoms with Gasteiger partial charge in [0.25, 0.3) is 0 Å². The molecule has 0 amide bonds. The molecular formula is C8H16OS. The number of hydrogen-bond donors (Lipinski definition) is 0. The minimum absolute atomic E-state index is 0.494. The van der Waals surface area contributed by atoms with Crippen molar-refractivity contribution in [3.8, 4) is 0 Å². The van der Waals surface area contributed by atoms with Crippen LogP contribution in [0.5, 0.6) is 0 Å². The van der Waals surface area contributed by atoms with E-state index in [1.54, 1.807) is 0 Å². The predicted molar refractivity (Wildman–Crippen MR) is 45.5 cm³/mol. The monoisotopic (exact) mass is 160 g/mol. The van der Waals surface area contributed by atoms with Gasteiger partial charge in [0.1, 0.15) is 0 Å². The lowest BCUT2D eigenvalue weighted by molar-refractivity contribution is 0.514. The molecule has 0 N–H and O–H groups in total. The standard InChI is InChI=1S/C8H16OS/c1-7(2)8-5-3-4-6-10(8)9/h7-8H,3-6H2,1-2H3/t8-,10?/m0/s1. The lowest BCUT2D eigenvalue weighted by Gasteiger charge is -2.24. The van der Waals surface area contributed by atoms with Crippen molar-refractivity contribution in [2.45, 2.75) is 38.4 Å². The number of rotatable bonds is 1. The Bertz CT molecular complexity index is 131. The maximum atomic E-state index is 11.3. The quantitative estimate of drug-likeness (QED) is 0.573. The molecule has 2 atom stereocenters. The molecule has 0 saturated carbocycles. The molecule has 0 aromatic heterocycles. The third kappa shape index (κ3) is 1.82. The summed E-state index contributed by atoms with van der Waals surface area (Å²) in [5.74, 6) is 1.56. The zero-order valence-electron chi connectivity index (χ0n) is 6.80. The van der Waals surface area contributed by atoms with Gasteiger partial charge in [0, 0.05) is 21.8 Å². The lowest BCUT2D eigenvalue weighted by Crippen LogP contribution is -2.27. The molecule has 2 heteroatoms. The molecule has 1 fully saturated rings. The molecule has 0 radical (unpaired) electrons. The Morgan fingerprint density at radius 1 is 1.40 bits per heavy atom. The van der Waals surface area contributed by atoms with Crippen molar-refractivity contribution < 1.29 is 4.21 Å². The van der Waals surface area contributed by atoms with Crippen LogP contribution >= 0.6 is 0 Å². The Morgan fingerprint density at radius 3 is 2.50 bits per heavy atom. The second-order valence-electron chi connectivity index (χ2n) is 3.36. The third-order valence-corrected chi connectivity index (χ3v) is 4.31. The van der Waals surface area contributed by atoms with Crippen LogP contribution in [-0.2, 0) is 10.8 Å². The molecule has 0 bridgehead atoms. The van der Waals surface area contributed by atoms with E-state index in [2.05, 4.69) is 13.8 Å². The van der Waals surface area contributed by atoms with Gasteiger partial charge in [-0.15, -0.1) is 0 Å². The van der Waals surface area contributed by atoms with E-state index in [-0.39, 0.29) is 0 Å². The normalized spacial score (nSPS) is 34.7. The first-order chi connectivity index (χ1) is 4.72. The molecule has 1 nitrogen and oxygen atoms in total. The summed E-state index contributed by atoms with van der Waals surface area (Å²) in [5, 5.41) is 0.494. The molecule has 10 heavy (non-hydrogen) atoms. The molecule has 1 heterocycles. The van der Waals surface area contributed by atoms with Crippen molar-refractivity contribution in [3.63, 3.8) is 0 Å². The molecule has 0 aromatic rings. The summed E-state index contributed by atoms with van der Waals surface area (Å²) in [6.07, 6.45) is 3.65. The highest BCUT2D eigenvalue weighted by molar-refractivity contribution is 7.85. The Morgan fingerprint density at radius 2 is 2.10 bits per heavy atom. The summed E-state index contributed by atoms with van der Waals surface area (Å²) in [5.41, 5.74) is 0. The van der Waals surface area contributed by atoms with Crippen LogP contribution in [0.1, 0.15) is 33.1 Å². The van der Waals surface area contributed by atoms with Gasteiger partial charge in [-0.25, -0.2) is 0 Å². The molecule has 1 unspecified atom stereocenters. The van der Waals surface area contributed by atoms with E-state index in [0.717, 1.165) is 5.75 Å². The molecule has 1 aliphatic rings. The highest BCUT2D eigenvalue weighted by Crippen LogP contribution is 2.21. The molecule has 1 aliphatic heterocycles. The fourth-order valence-corrected chi connectivity index (χ4v) is 3.34. The maximum Gasteiger partial charge on any atom is 0.0370 e. The minimum Gasteiger partial charge on any atom is -0.259 e. The highest BCUT2D eigenvalue weighted by atomic mass is 32.2. The van der Waals surface area contributed by atoms with Gasteiger partial charge >= 0.3 is 0 Å². The Hall–Kier alpha value is 0.150. The first-order valence-electron chi connectivity index (χ1n) is 4.09. The van der Waals surface area contributed by atoms with Gasteiger partial charge in [0.15, 0.2) is 0 Å². The number of hydrogen-bond acceptors (Lipinski definition) is 1. The smallest absolute Gasteiger partial charge is 0.0370 e. The summed E-state index contributed by atoms with van der Waals surface area (Å²) in [6.45, 7) is 4.35. The van der Waals surface area contributed by atoms with Crippen LogP contribution < -0.4 is 0 Å². The fourth-order valence-electron chi connectivity index (χ4n) is 1.51. The third-order valence-electron chi connectivity index (χ3n) is 2.17. The lowest BCUT2D eigenvalue weighted by atomic mass is 10.0. The van der Waals surface area contributed by atoms with E-state index in [4.69, 9.17) is 0 Å². The van der Waals surface area contributed by atoms with Crippen molar-refractivity contribution in [3.05, 3.63) is 0 Å². The zero-order valence-corrected chi connectivity index (χ0v) is 7.62. The summed E-state index contributed by atoms with van der Waals surface area (Å²) >= 11 is 0. The summed E-state index contributed by atoms with van der Waals surface area (Å²) in [7, 11) is -0.508. The molecule has 60 valence electrons. The van der Waals surface area contributed by atoms with E-state index in [9.17, 15) is 4.21 Å². The van der Waals surface area contributed by atoms with Gasteiger partial charge in [-0.2, -0.15) is 0 Å². The first-order valence-corrected chi connectivity index (χ1v) is 5.47. The molecule has 0 aliphatic carbocycles. The fraction of sp³-hybridized carbons (Fsp3) is 1.00. The van der Waals surface area contributed by atoms with Crippen LogP contribution in [0, 0.1) is 5.92 Å². The summed E-state index contributed by atoms with van der Waals surface area (Å²) in [4.78, 5) is 0. The Balaban J connectivity index is 2.48. The van der Waals surface area contributed by atoms with Crippen molar-refractivity contribution >= 4 is 10.8 Å². The molecule has 1 saturated heterocycles. The average Bonchev–Trinajstić information content (AvgIpc) is 1.88.